The van der Waals surface area contributed by atoms with Crippen LogP contribution >= 0.6 is 0 Å². The Balaban J connectivity index is 1.71. The molecule has 5 rings (SSSR count). The number of nitrogens with one attached hydrogen (secondary N) is 4. The topological polar surface area (TPSA) is 153 Å². The van der Waals surface area contributed by atoms with Gasteiger partial charge in [-0.25, -0.2) is 9.97 Å². The first kappa shape index (κ1) is 34.6. The number of nitrogens with zero attached hydrogens (tertiary/aromatic N) is 2. The first-order valence-electron chi connectivity index (χ1n) is 16.3. The van der Waals surface area contributed by atoms with Crippen LogP contribution in [0.25, 0.3) is 56.5 Å². The maximum Gasteiger partial charge on any atom is 0.303 e. The summed E-state index contributed by atoms with van der Waals surface area (Å²) in [6.45, 7) is 20.2. The van der Waals surface area contributed by atoms with Crippen molar-refractivity contribution in [3.8, 4) is 0 Å². The molecule has 2 aliphatic rings. The summed E-state index contributed by atoms with van der Waals surface area (Å²) in [7, 11) is 0. The lowest BCUT2D eigenvalue weighted by Crippen LogP contribution is -2.33. The minimum Gasteiger partial charge on any atom is -0.481 e. The molecule has 2 aliphatic heterocycles. The quantitative estimate of drug-likeness (QED) is 0.103. The summed E-state index contributed by atoms with van der Waals surface area (Å²) in [5.41, 5.74) is 13.9. The smallest absolute Gasteiger partial charge is 0.303 e. The van der Waals surface area contributed by atoms with Gasteiger partial charge in [-0.2, -0.15) is 0 Å². The number of carboxylic acid groups (broad SMARTS) is 1. The number of carbonyl (C=O) groups excluding carboxylic acids is 2. The third-order valence-corrected chi connectivity index (χ3v) is 9.16. The molecule has 2 amide bonds. The first-order valence-corrected chi connectivity index (χ1v) is 16.3. The Kier molecular flexibility index (Phi) is 10.3. The molecule has 0 radical (unpaired) electrons. The molecule has 0 spiro atoms. The Bertz CT molecular complexity index is 2140. The van der Waals surface area contributed by atoms with Crippen LogP contribution in [0.1, 0.15) is 84.6 Å². The van der Waals surface area contributed by atoms with Gasteiger partial charge in [-0.05, 0) is 104 Å². The van der Waals surface area contributed by atoms with Crippen LogP contribution in [0.2, 0.25) is 0 Å². The van der Waals surface area contributed by atoms with Crippen LogP contribution in [0, 0.1) is 13.8 Å². The summed E-state index contributed by atoms with van der Waals surface area (Å²) in [5, 5.41) is 15.1. The predicted octanol–water partition coefficient (Wildman–Crippen LogP) is 7.14. The first-order chi connectivity index (χ1) is 23.4. The lowest BCUT2D eigenvalue weighted by molar-refractivity contribution is -0.136. The number of hydrogen-bond donors (Lipinski definition) is 5. The van der Waals surface area contributed by atoms with Gasteiger partial charge in [-0.3, -0.25) is 14.4 Å². The van der Waals surface area contributed by atoms with Crippen LogP contribution in [-0.4, -0.2) is 55.9 Å². The summed E-state index contributed by atoms with van der Waals surface area (Å²) >= 11 is 0. The minimum absolute atomic E-state index is 0.0422. The van der Waals surface area contributed by atoms with Crippen molar-refractivity contribution in [3.63, 3.8) is 0 Å². The highest BCUT2D eigenvalue weighted by Crippen LogP contribution is 2.38. The zero-order valence-corrected chi connectivity index (χ0v) is 28.5. The van der Waals surface area contributed by atoms with Crippen molar-refractivity contribution in [2.75, 3.05) is 13.1 Å². The Hall–Kier alpha value is -5.77. The second kappa shape index (κ2) is 14.6. The molecule has 49 heavy (non-hydrogen) atoms. The Labute approximate surface area is 285 Å². The fraction of sp³-hybridized carbons (Fsp3) is 0.256. The lowest BCUT2D eigenvalue weighted by atomic mass is 9.98. The SMILES string of the molecule is C=CC(=O)NCCNC(=O)CCC1=C(C)c2cc3[nH]c(cc4[nH]c(cc5nc(cc1n2)C(CCC(=O)O)=C5C)c(C)c4C=C)c(C)c3C=C. The largest absolute Gasteiger partial charge is 0.481 e. The second-order valence-electron chi connectivity index (χ2n) is 12.2. The minimum atomic E-state index is -0.889. The van der Waals surface area contributed by atoms with Crippen LogP contribution in [-0.2, 0) is 14.4 Å². The lowest BCUT2D eigenvalue weighted by Gasteiger charge is -2.08. The predicted molar refractivity (Wildman–Crippen MR) is 198 cm³/mol. The second-order valence-corrected chi connectivity index (χ2v) is 12.2. The number of rotatable bonds is 12. The molecule has 252 valence electrons. The van der Waals surface area contributed by atoms with Gasteiger partial charge < -0.3 is 25.7 Å². The molecular weight excluding hydrogens is 616 g/mol. The van der Waals surface area contributed by atoms with E-state index in [0.717, 1.165) is 78.0 Å². The molecule has 0 saturated carbocycles. The number of aryl methyl sites for hydroxylation is 2. The average Bonchev–Trinajstić information content (AvgIpc) is 3.73. The molecule has 3 aromatic rings. The number of aromatic nitrogens is 4. The summed E-state index contributed by atoms with van der Waals surface area (Å²) in [6.07, 6.45) is 5.74. The van der Waals surface area contributed by atoms with Gasteiger partial charge in [0.1, 0.15) is 0 Å². The standard InChI is InChI=1S/C39H42N6O4/c1-8-25-21(4)29-17-30-24(7)28(12-14-39(48)49)36(44-30)20-35-27(11-13-38(47)41-16-15-40-37(46)10-3)23(6)32(45-35)19-34-26(9-2)22(5)31(43-34)18-33(25)42-29/h8-10,17-20,42-43H,1-3,11-16H2,4-7H3,(H,40,46)(H,41,47)(H,48,49). The maximum absolute atomic E-state index is 12.8. The van der Waals surface area contributed by atoms with Crippen LogP contribution in [0.15, 0.2) is 50.1 Å². The van der Waals surface area contributed by atoms with E-state index in [2.05, 4.69) is 53.3 Å². The van der Waals surface area contributed by atoms with Gasteiger partial charge >= 0.3 is 5.97 Å². The molecule has 0 atom stereocenters. The van der Waals surface area contributed by atoms with E-state index in [1.54, 1.807) is 0 Å². The molecule has 0 aliphatic carbocycles. The summed E-state index contributed by atoms with van der Waals surface area (Å²) in [6, 6.07) is 7.97. The van der Waals surface area contributed by atoms with Gasteiger partial charge in [0, 0.05) is 59.1 Å². The van der Waals surface area contributed by atoms with E-state index in [4.69, 9.17) is 9.97 Å². The third kappa shape index (κ3) is 7.23. The van der Waals surface area contributed by atoms with Crippen molar-refractivity contribution in [1.29, 1.82) is 0 Å². The maximum atomic E-state index is 12.8. The molecule has 3 aromatic heterocycles. The number of aromatic amines is 2. The molecule has 10 nitrogen and oxygen atoms in total. The molecule has 0 saturated heterocycles. The molecule has 0 fully saturated rings. The van der Waals surface area contributed by atoms with E-state index in [0.29, 0.717) is 37.3 Å². The van der Waals surface area contributed by atoms with E-state index in [1.807, 2.05) is 51.1 Å². The number of hydrogen-bond acceptors (Lipinski definition) is 5. The van der Waals surface area contributed by atoms with E-state index in [-0.39, 0.29) is 24.7 Å². The zero-order chi connectivity index (χ0) is 35.4. The van der Waals surface area contributed by atoms with Crippen molar-refractivity contribution in [2.24, 2.45) is 0 Å². The van der Waals surface area contributed by atoms with Crippen LogP contribution in [0.4, 0.5) is 0 Å². The molecular formula is C39H42N6O4. The molecule has 8 bridgehead atoms. The average molecular weight is 659 g/mol. The van der Waals surface area contributed by atoms with Crippen molar-refractivity contribution >= 4 is 74.3 Å². The van der Waals surface area contributed by atoms with Crippen LogP contribution < -0.4 is 10.6 Å². The summed E-state index contributed by atoms with van der Waals surface area (Å²) in [4.78, 5) is 53.1. The third-order valence-electron chi connectivity index (χ3n) is 9.16. The van der Waals surface area contributed by atoms with Gasteiger partial charge in [0.25, 0.3) is 0 Å². The monoisotopic (exact) mass is 658 g/mol. The Morgan fingerprint density at radius 1 is 0.694 bits per heavy atom. The van der Waals surface area contributed by atoms with Gasteiger partial charge in [0.05, 0.1) is 22.8 Å². The normalized spacial score (nSPS) is 12.6. The van der Waals surface area contributed by atoms with E-state index >= 15 is 0 Å². The van der Waals surface area contributed by atoms with Crippen LogP contribution in [0.5, 0.6) is 0 Å². The van der Waals surface area contributed by atoms with Gasteiger partial charge in [-0.1, -0.05) is 31.9 Å². The number of carbonyl (C=O) groups is 3. The fourth-order valence-electron chi connectivity index (χ4n) is 6.32. The summed E-state index contributed by atoms with van der Waals surface area (Å²) < 4.78 is 0. The van der Waals surface area contributed by atoms with E-state index in [9.17, 15) is 19.5 Å². The number of fused-ring (bicyclic) bond motifs is 8. The number of aliphatic carboxylic acids is 1. The zero-order valence-electron chi connectivity index (χ0n) is 28.5. The van der Waals surface area contributed by atoms with Crippen molar-refractivity contribution in [3.05, 3.63) is 95.1 Å². The molecule has 5 N–H and O–H groups in total. The van der Waals surface area contributed by atoms with E-state index < -0.39 is 5.97 Å². The fourth-order valence-corrected chi connectivity index (χ4v) is 6.32. The molecule has 10 heteroatoms. The van der Waals surface area contributed by atoms with E-state index in [1.165, 1.54) is 6.08 Å². The van der Waals surface area contributed by atoms with Gasteiger partial charge in [-0.15, -0.1) is 0 Å². The molecule has 0 unspecified atom stereocenters. The van der Waals surface area contributed by atoms with Gasteiger partial charge in [0.15, 0.2) is 0 Å². The number of carboxylic acids is 1. The molecule has 5 heterocycles. The highest BCUT2D eigenvalue weighted by molar-refractivity contribution is 5.97. The van der Waals surface area contributed by atoms with Crippen molar-refractivity contribution in [2.45, 2.75) is 53.4 Å². The van der Waals surface area contributed by atoms with Crippen molar-refractivity contribution < 1.29 is 19.5 Å². The van der Waals surface area contributed by atoms with Gasteiger partial charge in [0.2, 0.25) is 11.8 Å². The number of H-pyrrole nitrogens is 2. The van der Waals surface area contributed by atoms with Crippen LogP contribution in [0.3, 0.4) is 0 Å². The highest BCUT2D eigenvalue weighted by atomic mass is 16.4. The Morgan fingerprint density at radius 3 is 1.71 bits per heavy atom. The highest BCUT2D eigenvalue weighted by Gasteiger charge is 2.23. The number of allylic oxidation sites excluding steroid dienone is 4. The number of amides is 2. The van der Waals surface area contributed by atoms with Crippen molar-refractivity contribution in [1.82, 2.24) is 30.6 Å². The summed E-state index contributed by atoms with van der Waals surface area (Å²) in [5.74, 6) is -1.34. The Morgan fingerprint density at radius 2 is 1.18 bits per heavy atom. The molecule has 0 aromatic carbocycles.